The number of carbonyl (C=O) groups excluding carboxylic acids is 4. The van der Waals surface area contributed by atoms with Crippen molar-refractivity contribution >= 4 is 140 Å². The van der Waals surface area contributed by atoms with Gasteiger partial charge in [-0.25, -0.2) is 24.0 Å². The third-order valence-electron chi connectivity index (χ3n) is 9.21. The number of hydrogen-bond donors (Lipinski definition) is 4. The molecule has 394 valence electrons. The fourth-order valence-corrected chi connectivity index (χ4v) is 8.19. The van der Waals surface area contributed by atoms with Crippen LogP contribution < -0.4 is 10.5 Å². The molecule has 8 rings (SSSR count). The predicted octanol–water partition coefficient (Wildman–Crippen LogP) is 15.7. The van der Waals surface area contributed by atoms with Crippen LogP contribution in [0.5, 0.6) is 0 Å². The highest BCUT2D eigenvalue weighted by Crippen LogP contribution is 2.31. The quantitative estimate of drug-likeness (QED) is 0.105. The lowest BCUT2D eigenvalue weighted by Crippen LogP contribution is -2.33. The Bertz CT molecular complexity index is 3210. The van der Waals surface area contributed by atoms with Crippen molar-refractivity contribution in [3.8, 4) is 0 Å². The minimum absolute atomic E-state index is 0.0256. The number of hydroxylamine groups is 2. The summed E-state index contributed by atoms with van der Waals surface area (Å²) < 4.78 is 0. The van der Waals surface area contributed by atoms with Gasteiger partial charge >= 0.3 is 29.8 Å². The van der Waals surface area contributed by atoms with Crippen molar-refractivity contribution in [1.29, 1.82) is 0 Å². The molecule has 0 saturated heterocycles. The first-order chi connectivity index (χ1) is 36.7. The van der Waals surface area contributed by atoms with Crippen LogP contribution in [0.4, 0.5) is 5.69 Å². The van der Waals surface area contributed by atoms with Crippen LogP contribution in [0, 0.1) is 0 Å². The van der Waals surface area contributed by atoms with Gasteiger partial charge in [-0.2, -0.15) is 5.48 Å². The summed E-state index contributed by atoms with van der Waals surface area (Å²) in [6, 6.07) is 51.8. The van der Waals surface area contributed by atoms with E-state index in [0.29, 0.717) is 43.0 Å². The van der Waals surface area contributed by atoms with Gasteiger partial charge in [-0.15, -0.1) is 5.06 Å². The number of rotatable bonds is 8. The monoisotopic (exact) mass is 1200 g/mol. The number of carboxylic acid groups (broad SMARTS) is 3. The van der Waals surface area contributed by atoms with Crippen molar-refractivity contribution in [3.63, 3.8) is 0 Å². The van der Waals surface area contributed by atoms with Crippen LogP contribution in [0.1, 0.15) is 72.5 Å². The van der Waals surface area contributed by atoms with Gasteiger partial charge in [0.15, 0.2) is 0 Å². The van der Waals surface area contributed by atoms with E-state index in [9.17, 15) is 33.6 Å². The van der Waals surface area contributed by atoms with Crippen molar-refractivity contribution in [2.75, 3.05) is 5.06 Å². The standard InChI is InChI=1S/C20H12Cl3NO3.C14H11NO3.C7H3Cl3O2.C7H4Cl2O2.C7H6O2/c21-14-11-16(22)18(17(23)12-14)20(26)27-24(15-9-5-2-6-10-15)19(25)13-7-3-1-4-8-13;16-13(11-7-3-1-4-8-11)15-18-14(17)12-9-5-2-6-10-12;8-3-1-4(9)6(7(11)12)5(10)2-3;8-5-1-4(7(10)11)2-6(9)3-5;8-7(9)6-4-2-1-3-5-6/h1-12H;1-10H,(H,15,16);1-2H,(H,11,12);1-3H,(H,10,11);1-5H,(H,8,9). The van der Waals surface area contributed by atoms with Gasteiger partial charge in [-0.05, 0) is 103 Å². The summed E-state index contributed by atoms with van der Waals surface area (Å²) in [5.74, 6) is -5.53. The zero-order valence-corrected chi connectivity index (χ0v) is 45.0. The molecule has 0 aliphatic rings. The number of hydrogen-bond acceptors (Lipinski definition) is 9. The Morgan fingerprint density at radius 2 is 0.714 bits per heavy atom. The zero-order valence-electron chi connectivity index (χ0n) is 39.0. The fraction of sp³-hybridized carbons (Fsp3) is 0. The average Bonchev–Trinajstić information content (AvgIpc) is 3.40. The van der Waals surface area contributed by atoms with Crippen LogP contribution in [-0.2, 0) is 9.68 Å². The number of nitrogens with zero attached hydrogens (tertiary/aromatic N) is 1. The van der Waals surface area contributed by atoms with E-state index < -0.39 is 41.7 Å². The molecule has 8 aromatic carbocycles. The normalized spacial score (nSPS) is 9.82. The van der Waals surface area contributed by atoms with Gasteiger partial charge in [0.1, 0.15) is 0 Å². The molecule has 0 aromatic heterocycles. The molecule has 0 heterocycles. The topological polar surface area (TPSA) is 214 Å². The van der Waals surface area contributed by atoms with Gasteiger partial charge in [0.05, 0.1) is 53.6 Å². The highest BCUT2D eigenvalue weighted by Gasteiger charge is 2.26. The van der Waals surface area contributed by atoms with Crippen molar-refractivity contribution in [2.45, 2.75) is 0 Å². The fourth-order valence-electron chi connectivity index (χ4n) is 5.72. The van der Waals surface area contributed by atoms with Crippen molar-refractivity contribution < 1.29 is 58.6 Å². The van der Waals surface area contributed by atoms with Crippen LogP contribution >= 0.6 is 92.8 Å². The molecule has 0 radical (unpaired) electrons. The molecule has 8 aromatic rings. The molecule has 77 heavy (non-hydrogen) atoms. The van der Waals surface area contributed by atoms with Crippen molar-refractivity contribution in [2.24, 2.45) is 0 Å². The Labute approximate surface area is 479 Å². The van der Waals surface area contributed by atoms with Gasteiger partial charge in [-0.1, -0.05) is 184 Å². The molecular weight excluding hydrogens is 1160 g/mol. The molecule has 0 fully saturated rings. The molecule has 0 saturated carbocycles. The summed E-state index contributed by atoms with van der Waals surface area (Å²) in [6.07, 6.45) is 0. The molecule has 0 bridgehead atoms. The van der Waals surface area contributed by atoms with Gasteiger partial charge in [0, 0.05) is 31.2 Å². The molecule has 4 N–H and O–H groups in total. The lowest BCUT2D eigenvalue weighted by atomic mass is 10.2. The Hall–Kier alpha value is -7.63. The van der Waals surface area contributed by atoms with Crippen LogP contribution in [0.2, 0.25) is 40.2 Å². The Morgan fingerprint density at radius 1 is 0.364 bits per heavy atom. The second-order valence-electron chi connectivity index (χ2n) is 14.7. The number of carbonyl (C=O) groups is 7. The maximum absolute atomic E-state index is 12.9. The van der Waals surface area contributed by atoms with E-state index in [1.165, 1.54) is 42.5 Å². The molecule has 0 spiro atoms. The van der Waals surface area contributed by atoms with E-state index in [4.69, 9.17) is 118 Å². The van der Waals surface area contributed by atoms with E-state index in [0.717, 1.165) is 5.06 Å². The Morgan fingerprint density at radius 3 is 1.10 bits per heavy atom. The van der Waals surface area contributed by atoms with Gasteiger partial charge < -0.3 is 25.0 Å². The van der Waals surface area contributed by atoms with Crippen LogP contribution in [-0.4, -0.2) is 57.0 Å². The number of anilines is 1. The summed E-state index contributed by atoms with van der Waals surface area (Å²) >= 11 is 45.9. The smallest absolute Gasteiger partial charge is 0.366 e. The first-order valence-corrected chi connectivity index (χ1v) is 24.5. The largest absolute Gasteiger partial charge is 0.478 e. The summed E-state index contributed by atoms with van der Waals surface area (Å²) in [4.78, 5) is 89.9. The number of benzene rings is 8. The van der Waals surface area contributed by atoms with E-state index in [1.54, 1.807) is 152 Å². The van der Waals surface area contributed by atoms with E-state index in [2.05, 4.69) is 5.48 Å². The number of halogens is 8. The Kier molecular flexibility index (Phi) is 25.3. The second kappa shape index (κ2) is 31.4. The molecule has 0 aliphatic carbocycles. The first-order valence-electron chi connectivity index (χ1n) is 21.4. The molecule has 0 atom stereocenters. The predicted molar refractivity (Wildman–Crippen MR) is 298 cm³/mol. The van der Waals surface area contributed by atoms with Gasteiger partial charge in [0.25, 0.3) is 11.8 Å². The molecule has 22 heteroatoms. The lowest BCUT2D eigenvalue weighted by molar-refractivity contribution is 0.0230. The summed E-state index contributed by atoms with van der Waals surface area (Å²) in [6.45, 7) is 0. The number of para-hydroxylation sites is 1. The molecule has 2 amide bonds. The van der Waals surface area contributed by atoms with E-state index in [1.807, 2.05) is 0 Å². The van der Waals surface area contributed by atoms with Crippen molar-refractivity contribution in [1.82, 2.24) is 5.48 Å². The summed E-state index contributed by atoms with van der Waals surface area (Å²) in [7, 11) is 0. The third kappa shape index (κ3) is 20.4. The zero-order chi connectivity index (χ0) is 56.6. The van der Waals surface area contributed by atoms with E-state index in [-0.39, 0.29) is 41.8 Å². The number of nitrogens with one attached hydrogen (secondary N) is 1. The summed E-state index contributed by atoms with van der Waals surface area (Å²) in [5, 5.41) is 27.8. The first kappa shape index (κ1) is 61.9. The molecule has 0 aliphatic heterocycles. The van der Waals surface area contributed by atoms with Crippen molar-refractivity contribution in [3.05, 3.63) is 273 Å². The lowest BCUT2D eigenvalue weighted by Gasteiger charge is -2.21. The Balaban J connectivity index is 0.000000222. The third-order valence-corrected chi connectivity index (χ3v) is 11.3. The van der Waals surface area contributed by atoms with Gasteiger partial charge in [-0.3, -0.25) is 9.59 Å². The minimum atomic E-state index is -1.17. The maximum Gasteiger partial charge on any atom is 0.366 e. The van der Waals surface area contributed by atoms with E-state index >= 15 is 0 Å². The highest BCUT2D eigenvalue weighted by atomic mass is 35.5. The number of carboxylic acids is 3. The second-order valence-corrected chi connectivity index (χ2v) is 18.0. The van der Waals surface area contributed by atoms with Crippen LogP contribution in [0.3, 0.4) is 0 Å². The molecular formula is C55H36Cl8N2O12. The maximum atomic E-state index is 12.9. The van der Waals surface area contributed by atoms with Gasteiger partial charge in [0.2, 0.25) is 0 Å². The average molecular weight is 1200 g/mol. The SMILES string of the molecule is O=C(NOC(=O)c1ccccc1)c1ccccc1.O=C(O)c1c(Cl)cc(Cl)cc1Cl.O=C(O)c1cc(Cl)cc(Cl)c1.O=C(O)c1ccccc1.O=C(ON(C(=O)c1ccccc1)c1ccccc1)c1c(Cl)cc(Cl)cc1Cl. The summed E-state index contributed by atoms with van der Waals surface area (Å²) in [5.41, 5.74) is 3.87. The molecule has 14 nitrogen and oxygen atoms in total. The number of amides is 2. The van der Waals surface area contributed by atoms with Crippen LogP contribution in [0.25, 0.3) is 0 Å². The number of aromatic carboxylic acids is 3. The van der Waals surface area contributed by atoms with Crippen LogP contribution in [0.15, 0.2) is 194 Å². The molecule has 0 unspecified atom stereocenters. The minimum Gasteiger partial charge on any atom is -0.478 e. The highest BCUT2D eigenvalue weighted by molar-refractivity contribution is 6.43.